The Labute approximate surface area is 167 Å². The lowest BCUT2D eigenvalue weighted by atomic mass is 9.81. The van der Waals surface area contributed by atoms with Crippen molar-refractivity contribution in [1.82, 2.24) is 15.8 Å². The molecule has 4 unspecified atom stereocenters. The van der Waals surface area contributed by atoms with Gasteiger partial charge in [-0.1, -0.05) is 31.2 Å². The summed E-state index contributed by atoms with van der Waals surface area (Å²) < 4.78 is 0. The first-order valence-corrected chi connectivity index (χ1v) is 9.17. The van der Waals surface area contributed by atoms with Crippen LogP contribution in [0.5, 0.6) is 11.5 Å². The molecule has 2 aromatic rings. The summed E-state index contributed by atoms with van der Waals surface area (Å²) in [4.78, 5) is 11.5. The van der Waals surface area contributed by atoms with Crippen LogP contribution in [0.3, 0.4) is 0 Å². The van der Waals surface area contributed by atoms with Crippen LogP contribution < -0.4 is 10.7 Å². The number of hydrazine groups is 1. The van der Waals surface area contributed by atoms with Gasteiger partial charge in [-0.05, 0) is 29.7 Å². The van der Waals surface area contributed by atoms with Gasteiger partial charge < -0.3 is 20.7 Å². The van der Waals surface area contributed by atoms with E-state index in [9.17, 15) is 25.4 Å². The highest BCUT2D eigenvalue weighted by Crippen LogP contribution is 2.45. The van der Waals surface area contributed by atoms with Crippen molar-refractivity contribution >= 4 is 5.97 Å². The molecule has 8 heteroatoms. The first-order chi connectivity index (χ1) is 13.9. The number of benzene rings is 2. The third kappa shape index (κ3) is 3.06. The van der Waals surface area contributed by atoms with Gasteiger partial charge in [0.05, 0.1) is 17.7 Å². The predicted octanol–water partition coefficient (Wildman–Crippen LogP) is 2.37. The van der Waals surface area contributed by atoms with Crippen molar-refractivity contribution in [2.75, 3.05) is 0 Å². The number of aromatic hydroxyl groups is 2. The van der Waals surface area contributed by atoms with Crippen LogP contribution in [0.4, 0.5) is 0 Å². The van der Waals surface area contributed by atoms with Crippen molar-refractivity contribution in [1.29, 1.82) is 5.26 Å². The van der Waals surface area contributed by atoms with Crippen molar-refractivity contribution in [2.45, 2.75) is 25.2 Å². The second-order valence-corrected chi connectivity index (χ2v) is 7.24. The third-order valence-corrected chi connectivity index (χ3v) is 5.60. The highest BCUT2D eigenvalue weighted by molar-refractivity contribution is 5.91. The largest absolute Gasteiger partial charge is 0.508 e. The van der Waals surface area contributed by atoms with Crippen LogP contribution in [-0.4, -0.2) is 32.5 Å². The number of carboxylic acids is 1. The fraction of sp³-hybridized carbons (Fsp3) is 0.238. The van der Waals surface area contributed by atoms with E-state index in [2.05, 4.69) is 16.8 Å². The van der Waals surface area contributed by atoms with Gasteiger partial charge in [0, 0.05) is 17.8 Å². The number of aromatic carboxylic acids is 1. The number of nitrogens with zero attached hydrogens (tertiary/aromatic N) is 2. The van der Waals surface area contributed by atoms with Crippen LogP contribution in [0.1, 0.15) is 40.5 Å². The summed E-state index contributed by atoms with van der Waals surface area (Å²) in [5.74, 6) is -1.45. The summed E-state index contributed by atoms with van der Waals surface area (Å²) in [5.41, 5.74) is 4.84. The maximum Gasteiger partial charge on any atom is 0.339 e. The standard InChI is InChI=1S/C21H20N4O4/c1-11-17(15-3-2-4-16(19(15)27)21(28)29)24-20-13(9-22)10-23-25(20)18(11)12-5-7-14(26)8-6-12/h2-8,10-11,17-18,20,23-24,26-27H,1H3,(H,28,29). The molecule has 29 heavy (non-hydrogen) atoms. The highest BCUT2D eigenvalue weighted by atomic mass is 16.4. The van der Waals surface area contributed by atoms with Gasteiger partial charge in [-0.15, -0.1) is 0 Å². The fourth-order valence-corrected chi connectivity index (χ4v) is 4.20. The van der Waals surface area contributed by atoms with Crippen LogP contribution in [0.15, 0.2) is 54.2 Å². The minimum Gasteiger partial charge on any atom is -0.508 e. The number of nitrogens with one attached hydrogen (secondary N) is 2. The Balaban J connectivity index is 1.80. The summed E-state index contributed by atoms with van der Waals surface area (Å²) >= 11 is 0. The van der Waals surface area contributed by atoms with Gasteiger partial charge in [-0.3, -0.25) is 5.32 Å². The molecule has 1 saturated heterocycles. The van der Waals surface area contributed by atoms with Crippen molar-refractivity contribution in [3.63, 3.8) is 0 Å². The smallest absolute Gasteiger partial charge is 0.339 e. The zero-order chi connectivity index (χ0) is 20.7. The SMILES string of the molecule is CC1C(c2cccc(C(=O)O)c2O)NC2C(C#N)=CNN2C1c1ccc(O)cc1. The Morgan fingerprint density at radius 1 is 1.17 bits per heavy atom. The van der Waals surface area contributed by atoms with Crippen molar-refractivity contribution in [2.24, 2.45) is 5.92 Å². The molecule has 2 aliphatic heterocycles. The predicted molar refractivity (Wildman–Crippen MR) is 103 cm³/mol. The average molecular weight is 392 g/mol. The third-order valence-electron chi connectivity index (χ3n) is 5.60. The normalized spacial score (nSPS) is 26.1. The van der Waals surface area contributed by atoms with Gasteiger partial charge in [0.1, 0.15) is 23.2 Å². The number of rotatable bonds is 3. The molecule has 0 aliphatic carbocycles. The molecule has 0 aromatic heterocycles. The Morgan fingerprint density at radius 3 is 2.55 bits per heavy atom. The number of carboxylic acid groups (broad SMARTS) is 1. The molecule has 2 aliphatic rings. The number of nitriles is 1. The zero-order valence-electron chi connectivity index (χ0n) is 15.6. The quantitative estimate of drug-likeness (QED) is 0.538. The molecule has 0 saturated carbocycles. The fourth-order valence-electron chi connectivity index (χ4n) is 4.20. The molecule has 0 radical (unpaired) electrons. The van der Waals surface area contributed by atoms with Crippen LogP contribution in [0, 0.1) is 17.2 Å². The Kier molecular flexibility index (Phi) is 4.62. The highest BCUT2D eigenvalue weighted by Gasteiger charge is 2.46. The van der Waals surface area contributed by atoms with E-state index in [1.165, 1.54) is 6.07 Å². The minimum absolute atomic E-state index is 0.121. The van der Waals surface area contributed by atoms with Gasteiger partial charge in [-0.25, -0.2) is 4.79 Å². The molecule has 2 heterocycles. The number of hydrogen-bond acceptors (Lipinski definition) is 7. The Bertz CT molecular complexity index is 1030. The van der Waals surface area contributed by atoms with Gasteiger partial charge in [0.15, 0.2) is 0 Å². The lowest BCUT2D eigenvalue weighted by Crippen LogP contribution is -2.58. The van der Waals surface area contributed by atoms with E-state index in [0.717, 1.165) is 5.56 Å². The molecule has 1 fully saturated rings. The topological polar surface area (TPSA) is 129 Å². The molecular weight excluding hydrogens is 372 g/mol. The number of hydrogen-bond donors (Lipinski definition) is 5. The van der Waals surface area contributed by atoms with E-state index in [0.29, 0.717) is 11.1 Å². The van der Waals surface area contributed by atoms with Gasteiger partial charge in [0.2, 0.25) is 0 Å². The van der Waals surface area contributed by atoms with E-state index in [4.69, 9.17) is 0 Å². The molecule has 8 nitrogen and oxygen atoms in total. The van der Waals surface area contributed by atoms with Crippen LogP contribution in [0.25, 0.3) is 0 Å². The second kappa shape index (κ2) is 7.13. The second-order valence-electron chi connectivity index (χ2n) is 7.24. The lowest BCUT2D eigenvalue weighted by Gasteiger charge is -2.47. The molecule has 4 atom stereocenters. The molecule has 148 valence electrons. The first-order valence-electron chi connectivity index (χ1n) is 9.17. The summed E-state index contributed by atoms with van der Waals surface area (Å²) in [7, 11) is 0. The molecule has 0 bridgehead atoms. The van der Waals surface area contributed by atoms with E-state index in [1.54, 1.807) is 30.5 Å². The number of fused-ring (bicyclic) bond motifs is 1. The van der Waals surface area contributed by atoms with E-state index < -0.39 is 18.2 Å². The molecule has 5 N–H and O–H groups in total. The summed E-state index contributed by atoms with van der Waals surface area (Å²) in [5, 5.41) is 44.4. The number of para-hydroxylation sites is 1. The molecule has 0 amide bonds. The summed E-state index contributed by atoms with van der Waals surface area (Å²) in [6.07, 6.45) is 1.18. The van der Waals surface area contributed by atoms with Crippen molar-refractivity contribution < 1.29 is 20.1 Å². The van der Waals surface area contributed by atoms with Gasteiger partial charge in [0.25, 0.3) is 0 Å². The number of phenols is 2. The first kappa shape index (κ1) is 18.8. The van der Waals surface area contributed by atoms with Crippen molar-refractivity contribution in [3.05, 3.63) is 70.9 Å². The lowest BCUT2D eigenvalue weighted by molar-refractivity contribution is 0.00652. The van der Waals surface area contributed by atoms with Crippen LogP contribution in [-0.2, 0) is 0 Å². The molecular formula is C21H20N4O4. The number of phenolic OH excluding ortho intramolecular Hbond substituents is 1. The maximum atomic E-state index is 11.5. The Hall–Kier alpha value is -3.54. The molecule has 0 spiro atoms. The molecule has 4 rings (SSSR count). The monoisotopic (exact) mass is 392 g/mol. The summed E-state index contributed by atoms with van der Waals surface area (Å²) in [6, 6.07) is 13.0. The Morgan fingerprint density at radius 2 is 1.90 bits per heavy atom. The average Bonchev–Trinajstić information content (AvgIpc) is 3.11. The molecule has 2 aromatic carbocycles. The van der Waals surface area contributed by atoms with E-state index in [1.807, 2.05) is 24.1 Å². The zero-order valence-corrected chi connectivity index (χ0v) is 15.6. The van der Waals surface area contributed by atoms with E-state index >= 15 is 0 Å². The maximum absolute atomic E-state index is 11.5. The van der Waals surface area contributed by atoms with Crippen LogP contribution in [0.2, 0.25) is 0 Å². The minimum atomic E-state index is -1.20. The van der Waals surface area contributed by atoms with E-state index in [-0.39, 0.29) is 29.0 Å². The van der Waals surface area contributed by atoms with Gasteiger partial charge >= 0.3 is 5.97 Å². The van der Waals surface area contributed by atoms with Crippen molar-refractivity contribution in [3.8, 4) is 17.6 Å². The van der Waals surface area contributed by atoms with Crippen LogP contribution >= 0.6 is 0 Å². The number of carbonyl (C=O) groups is 1. The van der Waals surface area contributed by atoms with Gasteiger partial charge in [-0.2, -0.15) is 10.3 Å². The summed E-state index contributed by atoms with van der Waals surface area (Å²) in [6.45, 7) is 1.99.